The largest absolute Gasteiger partial charge is 0.756 e. The first-order chi connectivity index (χ1) is 27.6. The smallest absolute Gasteiger partial charge is 0.306 e. The number of hydrogen-bond donors (Lipinski definition) is 0. The van der Waals surface area contributed by atoms with Gasteiger partial charge >= 0.3 is 5.97 Å². The summed E-state index contributed by atoms with van der Waals surface area (Å²) in [6, 6.07) is 0. The number of rotatable bonds is 41. The molecule has 0 bridgehead atoms. The predicted molar refractivity (Wildman–Crippen MR) is 240 cm³/mol. The molecule has 2 unspecified atom stereocenters. The zero-order valence-electron chi connectivity index (χ0n) is 37.3. The van der Waals surface area contributed by atoms with Crippen LogP contribution in [0.5, 0.6) is 0 Å². The molecule has 9 heteroatoms. The number of likely N-dealkylation sites (N-methyl/N-ethyl adjacent to an activating group) is 1. The number of nitrogens with zero attached hydrogens (tertiary/aromatic N) is 1. The maximum absolute atomic E-state index is 12.7. The maximum atomic E-state index is 12.7. The highest BCUT2D eigenvalue weighted by atomic mass is 31.2. The van der Waals surface area contributed by atoms with E-state index in [0.717, 1.165) is 77.0 Å². The molecule has 0 N–H and O–H groups in total. The van der Waals surface area contributed by atoms with Crippen LogP contribution in [-0.2, 0) is 27.9 Å². The second-order valence-electron chi connectivity index (χ2n) is 16.0. The molecular weight excluding hydrogens is 734 g/mol. The molecule has 0 aromatic heterocycles. The lowest BCUT2D eigenvalue weighted by Crippen LogP contribution is -2.37. The van der Waals surface area contributed by atoms with Crippen molar-refractivity contribution < 1.29 is 37.3 Å². The predicted octanol–water partition coefficient (Wildman–Crippen LogP) is 12.9. The number of hydrogen-bond acceptors (Lipinski definition) is 7. The van der Waals surface area contributed by atoms with Gasteiger partial charge in [-0.05, 0) is 83.5 Å². The standard InChI is InChI=1S/C48H86NO7P/c1-6-8-10-12-14-16-18-20-22-24-26-28-30-32-34-36-38-40-43-53-45-47(46-55-57(51,52)54-44-42-49(3,4)5)56-48(50)41-39-37-35-33-31-29-27-25-23-21-19-17-15-13-11-9-7-2/h9,11,14-17,20-23,27,29,47H,6-8,10,12-13,18-19,24-26,28,30-46H2,1-5H3/b11-9-,16-14-,17-15-,22-20-,23-21-,29-27-. The summed E-state index contributed by atoms with van der Waals surface area (Å²) in [5, 5.41) is 0. The molecule has 0 amide bonds. The lowest BCUT2D eigenvalue weighted by atomic mass is 10.1. The van der Waals surface area contributed by atoms with Gasteiger partial charge in [-0.15, -0.1) is 0 Å². The first kappa shape index (κ1) is 54.9. The van der Waals surface area contributed by atoms with Crippen LogP contribution in [0.3, 0.4) is 0 Å². The van der Waals surface area contributed by atoms with E-state index in [1.807, 2.05) is 21.1 Å². The van der Waals surface area contributed by atoms with Gasteiger partial charge in [0.1, 0.15) is 19.3 Å². The number of carbonyl (C=O) groups is 1. The lowest BCUT2D eigenvalue weighted by Gasteiger charge is -2.28. The molecule has 0 fully saturated rings. The molecule has 2 atom stereocenters. The van der Waals surface area contributed by atoms with E-state index < -0.39 is 13.9 Å². The van der Waals surface area contributed by atoms with E-state index in [2.05, 4.69) is 86.8 Å². The Morgan fingerprint density at radius 1 is 0.561 bits per heavy atom. The molecule has 0 saturated heterocycles. The van der Waals surface area contributed by atoms with Gasteiger partial charge in [-0.25, -0.2) is 0 Å². The molecule has 57 heavy (non-hydrogen) atoms. The fraction of sp³-hybridized carbons (Fsp3) is 0.729. The van der Waals surface area contributed by atoms with Crippen LogP contribution in [0, 0.1) is 0 Å². The van der Waals surface area contributed by atoms with E-state index in [1.165, 1.54) is 70.6 Å². The highest BCUT2D eigenvalue weighted by molar-refractivity contribution is 7.45. The Labute approximate surface area is 351 Å². The summed E-state index contributed by atoms with van der Waals surface area (Å²) in [4.78, 5) is 25.1. The normalized spacial score (nSPS) is 14.4. The Morgan fingerprint density at radius 2 is 1.02 bits per heavy atom. The van der Waals surface area contributed by atoms with Gasteiger partial charge in [-0.3, -0.25) is 9.36 Å². The van der Waals surface area contributed by atoms with Gasteiger partial charge in [0.05, 0.1) is 34.4 Å². The van der Waals surface area contributed by atoms with Crippen molar-refractivity contribution in [2.24, 2.45) is 0 Å². The van der Waals surface area contributed by atoms with Crippen LogP contribution in [0.4, 0.5) is 0 Å². The SMILES string of the molecule is CC/C=C\C/C=C\C/C=C\C/C=C\CCCCCCC(=O)OC(COCCCCCCCCCC/C=C\C/C=C\CCCCC)COP(=O)([O-])OCC[N+](C)(C)C. The zero-order valence-corrected chi connectivity index (χ0v) is 38.2. The molecule has 0 aromatic carbocycles. The van der Waals surface area contributed by atoms with Crippen LogP contribution in [0.25, 0.3) is 0 Å². The minimum atomic E-state index is -4.54. The molecule has 8 nitrogen and oxygen atoms in total. The van der Waals surface area contributed by atoms with E-state index in [4.69, 9.17) is 18.5 Å². The monoisotopic (exact) mass is 820 g/mol. The van der Waals surface area contributed by atoms with Gasteiger partial charge < -0.3 is 27.9 Å². The van der Waals surface area contributed by atoms with Crippen molar-refractivity contribution in [3.63, 3.8) is 0 Å². The molecule has 0 heterocycles. The van der Waals surface area contributed by atoms with Crippen LogP contribution in [-0.4, -0.2) is 70.7 Å². The van der Waals surface area contributed by atoms with Crippen molar-refractivity contribution in [2.45, 2.75) is 174 Å². The molecule has 0 spiro atoms. The van der Waals surface area contributed by atoms with Crippen molar-refractivity contribution in [1.29, 1.82) is 0 Å². The van der Waals surface area contributed by atoms with Gasteiger partial charge in [-0.2, -0.15) is 0 Å². The fourth-order valence-electron chi connectivity index (χ4n) is 5.74. The van der Waals surface area contributed by atoms with E-state index in [1.54, 1.807) is 0 Å². The first-order valence-electron chi connectivity index (χ1n) is 22.7. The van der Waals surface area contributed by atoms with Crippen LogP contribution in [0.1, 0.15) is 168 Å². The van der Waals surface area contributed by atoms with Gasteiger partial charge in [0.25, 0.3) is 7.82 Å². The van der Waals surface area contributed by atoms with Crippen molar-refractivity contribution in [1.82, 2.24) is 0 Å². The van der Waals surface area contributed by atoms with Crippen molar-refractivity contribution >= 4 is 13.8 Å². The number of unbranched alkanes of at least 4 members (excludes halogenated alkanes) is 15. The van der Waals surface area contributed by atoms with E-state index in [9.17, 15) is 14.3 Å². The molecule has 0 aromatic rings. The lowest BCUT2D eigenvalue weighted by molar-refractivity contribution is -0.870. The Hall–Kier alpha value is -2.06. The molecule has 0 radical (unpaired) electrons. The number of esters is 1. The number of carbonyl (C=O) groups excluding carboxylic acids is 1. The molecule has 0 aliphatic rings. The number of ether oxygens (including phenoxy) is 2. The Balaban J connectivity index is 4.29. The van der Waals surface area contributed by atoms with Crippen LogP contribution in [0.2, 0.25) is 0 Å². The van der Waals surface area contributed by atoms with Crippen LogP contribution < -0.4 is 4.89 Å². The van der Waals surface area contributed by atoms with E-state index in [-0.39, 0.29) is 32.2 Å². The van der Waals surface area contributed by atoms with Gasteiger partial charge in [0.2, 0.25) is 0 Å². The summed E-state index contributed by atoms with van der Waals surface area (Å²) < 4.78 is 34.6. The van der Waals surface area contributed by atoms with Gasteiger partial charge in [0.15, 0.2) is 0 Å². The molecule has 0 rings (SSSR count). The topological polar surface area (TPSA) is 94.1 Å². The average Bonchev–Trinajstić information content (AvgIpc) is 3.16. The highest BCUT2D eigenvalue weighted by Crippen LogP contribution is 2.38. The van der Waals surface area contributed by atoms with Gasteiger partial charge in [-0.1, -0.05) is 151 Å². The Morgan fingerprint density at radius 3 is 1.53 bits per heavy atom. The van der Waals surface area contributed by atoms with Gasteiger partial charge in [0, 0.05) is 13.0 Å². The summed E-state index contributed by atoms with van der Waals surface area (Å²) in [6.45, 7) is 5.21. The minimum absolute atomic E-state index is 0.0161. The molecule has 0 aliphatic carbocycles. The third-order valence-electron chi connectivity index (χ3n) is 9.24. The summed E-state index contributed by atoms with van der Waals surface area (Å²) >= 11 is 0. The number of phosphoric ester groups is 1. The molecule has 330 valence electrons. The van der Waals surface area contributed by atoms with E-state index >= 15 is 0 Å². The van der Waals surface area contributed by atoms with Crippen LogP contribution >= 0.6 is 7.82 Å². The zero-order chi connectivity index (χ0) is 42.0. The van der Waals surface area contributed by atoms with E-state index in [0.29, 0.717) is 17.6 Å². The summed E-state index contributed by atoms with van der Waals surface area (Å²) in [6.07, 6.45) is 52.0. The number of phosphoric acid groups is 1. The highest BCUT2D eigenvalue weighted by Gasteiger charge is 2.20. The van der Waals surface area contributed by atoms with Crippen molar-refractivity contribution in [3.05, 3.63) is 72.9 Å². The van der Waals surface area contributed by atoms with Crippen molar-refractivity contribution in [2.75, 3.05) is 54.1 Å². The number of quaternary nitrogens is 1. The second kappa shape index (κ2) is 40.7. The second-order valence-corrected chi connectivity index (χ2v) is 17.4. The summed E-state index contributed by atoms with van der Waals surface area (Å²) in [5.74, 6) is -0.362. The third-order valence-corrected chi connectivity index (χ3v) is 10.2. The molecule has 0 saturated carbocycles. The Bertz CT molecular complexity index is 1140. The minimum Gasteiger partial charge on any atom is -0.756 e. The molecule has 0 aliphatic heterocycles. The summed E-state index contributed by atoms with van der Waals surface area (Å²) in [7, 11) is 1.32. The first-order valence-corrected chi connectivity index (χ1v) is 24.1. The van der Waals surface area contributed by atoms with Crippen LogP contribution in [0.15, 0.2) is 72.9 Å². The number of allylic oxidation sites excluding steroid dienone is 12. The Kier molecular flexibility index (Phi) is 39.2. The summed E-state index contributed by atoms with van der Waals surface area (Å²) in [5.41, 5.74) is 0. The third kappa shape index (κ3) is 44.9. The quantitative estimate of drug-likeness (QED) is 0.0199. The fourth-order valence-corrected chi connectivity index (χ4v) is 6.47. The van der Waals surface area contributed by atoms with Crippen molar-refractivity contribution in [3.8, 4) is 0 Å². The average molecular weight is 820 g/mol. The maximum Gasteiger partial charge on any atom is 0.306 e. The molecular formula is C48H86NO7P.